The van der Waals surface area contributed by atoms with Crippen molar-refractivity contribution in [1.29, 1.82) is 0 Å². The number of hydrogen-bond donors (Lipinski definition) is 0. The highest BCUT2D eigenvalue weighted by Gasteiger charge is 2.30. The van der Waals surface area contributed by atoms with E-state index in [1.807, 2.05) is 33.5 Å². The first kappa shape index (κ1) is 17.8. The Kier molecular flexibility index (Phi) is 8.01. The van der Waals surface area contributed by atoms with Gasteiger partial charge < -0.3 is 13.3 Å². The summed E-state index contributed by atoms with van der Waals surface area (Å²) in [4.78, 5) is 11.6. The predicted octanol–water partition coefficient (Wildman–Crippen LogP) is 3.29. The molecule has 18 heavy (non-hydrogen) atoms. The third-order valence-corrected chi connectivity index (χ3v) is 6.23. The number of rotatable bonds is 9. The average molecular weight is 293 g/mol. The van der Waals surface area contributed by atoms with E-state index in [1.165, 1.54) is 0 Å². The van der Waals surface area contributed by atoms with Gasteiger partial charge in [-0.15, -0.1) is 0 Å². The van der Waals surface area contributed by atoms with Crippen LogP contribution in [0.2, 0.25) is 32.2 Å². The van der Waals surface area contributed by atoms with Gasteiger partial charge >= 0.3 is 8.56 Å². The van der Waals surface area contributed by atoms with E-state index < -0.39 is 16.9 Å². The molecule has 0 heterocycles. The summed E-state index contributed by atoms with van der Waals surface area (Å²) >= 11 is 0. The molecule has 0 saturated carbocycles. The van der Waals surface area contributed by atoms with Crippen LogP contribution in [-0.2, 0) is 18.1 Å². The fourth-order valence-electron chi connectivity index (χ4n) is 1.74. The summed E-state index contributed by atoms with van der Waals surface area (Å²) < 4.78 is 16.9. The maximum Gasteiger partial charge on any atom is 0.334 e. The van der Waals surface area contributed by atoms with Crippen molar-refractivity contribution in [3.05, 3.63) is 0 Å². The first-order valence-corrected chi connectivity index (χ1v) is 12.7. The van der Waals surface area contributed by atoms with Gasteiger partial charge in [0.15, 0.2) is 0 Å². The van der Waals surface area contributed by atoms with Crippen LogP contribution in [0, 0.1) is 0 Å². The van der Waals surface area contributed by atoms with E-state index >= 15 is 0 Å². The van der Waals surface area contributed by atoms with Crippen LogP contribution >= 0.6 is 0 Å². The Labute approximate surface area is 113 Å². The van der Waals surface area contributed by atoms with E-state index in [0.717, 1.165) is 12.5 Å². The Morgan fingerprint density at radius 1 is 1.00 bits per heavy atom. The molecule has 0 N–H and O–H groups in total. The van der Waals surface area contributed by atoms with Crippen molar-refractivity contribution >= 4 is 22.8 Å². The number of carbonyl (C=O) groups excluding carboxylic acids is 1. The number of hydrogen-bond acceptors (Lipinski definition) is 4. The summed E-state index contributed by atoms with van der Waals surface area (Å²) in [7, 11) is -3.82. The molecule has 0 aliphatic carbocycles. The Morgan fingerprint density at radius 3 is 1.89 bits per heavy atom. The molecule has 0 aromatic rings. The van der Waals surface area contributed by atoms with Gasteiger partial charge in [-0.25, -0.2) is 0 Å². The molecule has 0 atom stereocenters. The Morgan fingerprint density at radius 2 is 1.50 bits per heavy atom. The zero-order valence-electron chi connectivity index (χ0n) is 12.7. The average Bonchev–Trinajstić information content (AvgIpc) is 2.14. The fraction of sp³-hybridized carbons (Fsp3) is 0.917. The molecule has 0 bridgehead atoms. The predicted molar refractivity (Wildman–Crippen MR) is 78.3 cm³/mol. The maximum absolute atomic E-state index is 11.6. The summed E-state index contributed by atoms with van der Waals surface area (Å²) in [6.07, 6.45) is 1.25. The van der Waals surface area contributed by atoms with Crippen LogP contribution in [0.1, 0.15) is 26.7 Å². The van der Waals surface area contributed by atoms with Gasteiger partial charge in [-0.1, -0.05) is 0 Å². The van der Waals surface area contributed by atoms with E-state index in [2.05, 4.69) is 6.55 Å². The van der Waals surface area contributed by atoms with Crippen molar-refractivity contribution in [2.24, 2.45) is 0 Å². The molecule has 0 aromatic carbocycles. The summed E-state index contributed by atoms with van der Waals surface area (Å²) in [5.74, 6) is -0.0847. The van der Waals surface area contributed by atoms with Crippen LogP contribution in [-0.4, -0.2) is 36.1 Å². The third-order valence-electron chi connectivity index (χ3n) is 2.33. The minimum absolute atomic E-state index is 0.0847. The molecule has 0 aromatic heterocycles. The summed E-state index contributed by atoms with van der Waals surface area (Å²) in [5, 5.41) is 0. The van der Waals surface area contributed by atoms with Crippen molar-refractivity contribution < 1.29 is 18.1 Å². The van der Waals surface area contributed by atoms with Crippen molar-refractivity contribution in [1.82, 2.24) is 0 Å². The molecule has 0 aliphatic heterocycles. The summed E-state index contributed by atoms with van der Waals surface area (Å²) in [5.41, 5.74) is 0. The van der Waals surface area contributed by atoms with Crippen LogP contribution in [0.15, 0.2) is 0 Å². The third kappa shape index (κ3) is 8.85. The second-order valence-electron chi connectivity index (χ2n) is 5.44. The lowest BCUT2D eigenvalue weighted by molar-refractivity contribution is -0.135. The first-order valence-electron chi connectivity index (χ1n) is 6.72. The van der Waals surface area contributed by atoms with Gasteiger partial charge in [0.2, 0.25) is 8.32 Å². The molecule has 0 aliphatic rings. The summed E-state index contributed by atoms with van der Waals surface area (Å²) in [6, 6.07) is 0.843. The van der Waals surface area contributed by atoms with E-state index in [0.29, 0.717) is 19.6 Å². The minimum atomic E-state index is -2.07. The highest BCUT2D eigenvalue weighted by Crippen LogP contribution is 2.18. The van der Waals surface area contributed by atoms with E-state index in [-0.39, 0.29) is 5.97 Å². The van der Waals surface area contributed by atoms with Crippen LogP contribution in [0.4, 0.5) is 0 Å². The Hall–Kier alpha value is -0.176. The molecule has 0 saturated heterocycles. The van der Waals surface area contributed by atoms with Crippen LogP contribution < -0.4 is 0 Å². The van der Waals surface area contributed by atoms with Crippen molar-refractivity contribution in [3.8, 4) is 0 Å². The van der Waals surface area contributed by atoms with E-state index in [4.69, 9.17) is 13.3 Å². The van der Waals surface area contributed by atoms with Gasteiger partial charge in [-0.2, -0.15) is 0 Å². The lowest BCUT2D eigenvalue weighted by atomic mass is 10.3. The molecular formula is C12H28O4Si2. The van der Waals surface area contributed by atoms with Crippen molar-refractivity contribution in [2.45, 2.75) is 58.9 Å². The summed E-state index contributed by atoms with van der Waals surface area (Å²) in [6.45, 7) is 13.4. The molecule has 0 rings (SSSR count). The molecule has 108 valence electrons. The zero-order chi connectivity index (χ0) is 14.2. The molecule has 6 heteroatoms. The van der Waals surface area contributed by atoms with Crippen LogP contribution in [0.5, 0.6) is 0 Å². The molecule has 0 fully saturated rings. The van der Waals surface area contributed by atoms with Crippen LogP contribution in [0.25, 0.3) is 0 Å². The minimum Gasteiger partial charge on any atom is -0.520 e. The number of carbonyl (C=O) groups is 1. The second-order valence-corrected chi connectivity index (χ2v) is 13.2. The van der Waals surface area contributed by atoms with Crippen LogP contribution in [0.3, 0.4) is 0 Å². The van der Waals surface area contributed by atoms with E-state index in [1.54, 1.807) is 0 Å². The lowest BCUT2D eigenvalue weighted by Crippen LogP contribution is -2.38. The standard InChI is InChI=1S/C12H28O4Si2/c1-7-14-18(6,15-8-2)11-9-10-12(13)16-17(3,4)5/h7-11H2,1-6H3. The molecular weight excluding hydrogens is 264 g/mol. The highest BCUT2D eigenvalue weighted by molar-refractivity contribution is 6.71. The van der Waals surface area contributed by atoms with Gasteiger partial charge in [0.1, 0.15) is 0 Å². The SMILES string of the molecule is CCO[Si](C)(CCCC(=O)O[Si](C)(C)C)OCC. The van der Waals surface area contributed by atoms with E-state index in [9.17, 15) is 4.79 Å². The Balaban J connectivity index is 4.03. The molecule has 0 radical (unpaired) electrons. The van der Waals surface area contributed by atoms with Gasteiger partial charge in [-0.3, -0.25) is 4.79 Å². The lowest BCUT2D eigenvalue weighted by Gasteiger charge is -2.26. The largest absolute Gasteiger partial charge is 0.520 e. The van der Waals surface area contributed by atoms with Gasteiger partial charge in [-0.05, 0) is 52.5 Å². The van der Waals surface area contributed by atoms with Gasteiger partial charge in [0, 0.05) is 19.6 Å². The molecule has 0 amide bonds. The normalized spacial score (nSPS) is 12.6. The van der Waals surface area contributed by atoms with Crippen molar-refractivity contribution in [2.75, 3.05) is 13.2 Å². The smallest absolute Gasteiger partial charge is 0.334 e. The Bertz CT molecular complexity index is 245. The monoisotopic (exact) mass is 292 g/mol. The van der Waals surface area contributed by atoms with Gasteiger partial charge in [0.05, 0.1) is 0 Å². The molecule has 4 nitrogen and oxygen atoms in total. The molecule has 0 unspecified atom stereocenters. The fourth-order valence-corrected chi connectivity index (χ4v) is 4.94. The quantitative estimate of drug-likeness (QED) is 0.612. The van der Waals surface area contributed by atoms with Gasteiger partial charge in [0.25, 0.3) is 5.97 Å². The zero-order valence-corrected chi connectivity index (χ0v) is 14.7. The topological polar surface area (TPSA) is 44.8 Å². The van der Waals surface area contributed by atoms with Crippen molar-refractivity contribution in [3.63, 3.8) is 0 Å². The second kappa shape index (κ2) is 8.09. The first-order chi connectivity index (χ1) is 8.22. The molecule has 0 spiro atoms. The maximum atomic E-state index is 11.6. The highest BCUT2D eigenvalue weighted by atomic mass is 28.4.